The molecule has 1 aromatic carbocycles. The van der Waals surface area contributed by atoms with E-state index < -0.39 is 11.9 Å². The van der Waals surface area contributed by atoms with Crippen LogP contribution >= 0.6 is 0 Å². The number of carboxylic acids is 1. The van der Waals surface area contributed by atoms with E-state index >= 15 is 0 Å². The summed E-state index contributed by atoms with van der Waals surface area (Å²) in [6.45, 7) is 4.15. The van der Waals surface area contributed by atoms with Crippen LogP contribution in [-0.4, -0.2) is 23.1 Å². The molecule has 0 aromatic heterocycles. The minimum Gasteiger partial charge on any atom is -0.478 e. The molecule has 31 heavy (non-hydrogen) atoms. The van der Waals surface area contributed by atoms with Crippen molar-refractivity contribution < 1.29 is 19.4 Å². The first-order valence-corrected chi connectivity index (χ1v) is 12.6. The van der Waals surface area contributed by atoms with Crippen molar-refractivity contribution in [2.24, 2.45) is 0 Å². The lowest BCUT2D eigenvalue weighted by atomic mass is 10.0. The molecule has 0 saturated heterocycles. The van der Waals surface area contributed by atoms with Gasteiger partial charge in [0, 0.05) is 0 Å². The fraction of sp³-hybridized carbons (Fsp3) is 0.704. The van der Waals surface area contributed by atoms with Gasteiger partial charge in [-0.1, -0.05) is 109 Å². The maximum absolute atomic E-state index is 12.3. The van der Waals surface area contributed by atoms with Gasteiger partial charge in [-0.05, 0) is 31.9 Å². The molecule has 1 rings (SSSR count). The lowest BCUT2D eigenvalue weighted by Crippen LogP contribution is -2.17. The van der Waals surface area contributed by atoms with Crippen LogP contribution in [0.1, 0.15) is 137 Å². The van der Waals surface area contributed by atoms with Gasteiger partial charge in [-0.25, -0.2) is 9.59 Å². The second-order valence-electron chi connectivity index (χ2n) is 8.81. The van der Waals surface area contributed by atoms with Crippen LogP contribution < -0.4 is 0 Å². The van der Waals surface area contributed by atoms with Crippen molar-refractivity contribution in [3.63, 3.8) is 0 Å². The van der Waals surface area contributed by atoms with E-state index in [2.05, 4.69) is 6.92 Å². The molecule has 4 nitrogen and oxygen atoms in total. The molecule has 0 spiro atoms. The molecule has 0 saturated carbocycles. The van der Waals surface area contributed by atoms with Crippen molar-refractivity contribution in [2.45, 2.75) is 123 Å². The fourth-order valence-corrected chi connectivity index (χ4v) is 3.96. The van der Waals surface area contributed by atoms with Crippen molar-refractivity contribution in [1.29, 1.82) is 0 Å². The van der Waals surface area contributed by atoms with Crippen molar-refractivity contribution in [1.82, 2.24) is 0 Å². The first-order valence-electron chi connectivity index (χ1n) is 12.6. The Morgan fingerprint density at radius 3 is 1.61 bits per heavy atom. The molecule has 0 radical (unpaired) electrons. The molecule has 1 N–H and O–H groups in total. The number of carbonyl (C=O) groups is 2. The summed E-state index contributed by atoms with van der Waals surface area (Å²) in [4.78, 5) is 23.5. The number of benzene rings is 1. The number of carboxylic acid groups (broad SMARTS) is 1. The van der Waals surface area contributed by atoms with Gasteiger partial charge in [-0.2, -0.15) is 0 Å². The molecule has 0 amide bonds. The van der Waals surface area contributed by atoms with Crippen LogP contribution in [0.2, 0.25) is 0 Å². The largest absolute Gasteiger partial charge is 0.478 e. The lowest BCUT2D eigenvalue weighted by Gasteiger charge is -2.14. The molecule has 0 fully saturated rings. The van der Waals surface area contributed by atoms with Gasteiger partial charge in [0.05, 0.1) is 17.2 Å². The SMILES string of the molecule is CCCCCCCCCCCCCCCCCC(C)OC(=O)c1ccccc1C(=O)O. The molecule has 0 aliphatic rings. The number of esters is 1. The quantitative estimate of drug-likeness (QED) is 0.177. The Bertz CT molecular complexity index is 611. The van der Waals surface area contributed by atoms with E-state index in [1.807, 2.05) is 6.92 Å². The minimum atomic E-state index is -1.11. The Labute approximate surface area is 189 Å². The van der Waals surface area contributed by atoms with Crippen LogP contribution in [0.5, 0.6) is 0 Å². The van der Waals surface area contributed by atoms with E-state index in [0.29, 0.717) is 0 Å². The summed E-state index contributed by atoms with van der Waals surface area (Å²) in [5.41, 5.74) is 0.116. The zero-order valence-corrected chi connectivity index (χ0v) is 19.9. The van der Waals surface area contributed by atoms with Crippen LogP contribution in [0.3, 0.4) is 0 Å². The smallest absolute Gasteiger partial charge is 0.339 e. The predicted molar refractivity (Wildman–Crippen MR) is 128 cm³/mol. The van der Waals surface area contributed by atoms with E-state index in [0.717, 1.165) is 19.3 Å². The van der Waals surface area contributed by atoms with Crippen molar-refractivity contribution in [2.75, 3.05) is 0 Å². The second kappa shape index (κ2) is 17.8. The Balaban J connectivity index is 1.98. The Morgan fingerprint density at radius 2 is 1.16 bits per heavy atom. The number of hydrogen-bond acceptors (Lipinski definition) is 3. The number of rotatable bonds is 19. The zero-order chi connectivity index (χ0) is 22.7. The predicted octanol–water partition coefficient (Wildman–Crippen LogP) is 8.19. The second-order valence-corrected chi connectivity index (χ2v) is 8.81. The Hall–Kier alpha value is -1.84. The molecule has 1 aromatic rings. The van der Waals surface area contributed by atoms with Gasteiger partial charge in [0.25, 0.3) is 0 Å². The molecule has 0 heterocycles. The fourth-order valence-electron chi connectivity index (χ4n) is 3.96. The molecule has 0 aliphatic carbocycles. The molecule has 0 bridgehead atoms. The number of hydrogen-bond donors (Lipinski definition) is 1. The molecule has 1 atom stereocenters. The Kier molecular flexibility index (Phi) is 15.6. The van der Waals surface area contributed by atoms with Crippen LogP contribution in [0.4, 0.5) is 0 Å². The standard InChI is InChI=1S/C27H44O4/c1-3-4-5-6-7-8-9-10-11-12-13-14-15-16-17-20-23(2)31-27(30)25-22-19-18-21-24(25)26(28)29/h18-19,21-23H,3-17,20H2,1-2H3,(H,28,29). The summed E-state index contributed by atoms with van der Waals surface area (Å²) >= 11 is 0. The topological polar surface area (TPSA) is 63.6 Å². The van der Waals surface area contributed by atoms with E-state index in [9.17, 15) is 14.7 Å². The third-order valence-electron chi connectivity index (χ3n) is 5.90. The summed E-state index contributed by atoms with van der Waals surface area (Å²) in [6, 6.07) is 6.20. The van der Waals surface area contributed by atoms with Crippen LogP contribution in [-0.2, 0) is 4.74 Å². The van der Waals surface area contributed by atoms with Crippen LogP contribution in [0.15, 0.2) is 24.3 Å². The number of aromatic carboxylic acids is 1. The first kappa shape index (κ1) is 27.2. The van der Waals surface area contributed by atoms with E-state index in [1.54, 1.807) is 12.1 Å². The van der Waals surface area contributed by atoms with Gasteiger partial charge in [0.2, 0.25) is 0 Å². The highest BCUT2D eigenvalue weighted by atomic mass is 16.5. The summed E-state index contributed by atoms with van der Waals surface area (Å²) in [6.07, 6.45) is 20.6. The maximum atomic E-state index is 12.3. The highest BCUT2D eigenvalue weighted by Gasteiger charge is 2.18. The molecule has 0 aliphatic heterocycles. The Morgan fingerprint density at radius 1 is 0.742 bits per heavy atom. The summed E-state index contributed by atoms with van der Waals surface area (Å²) in [5, 5.41) is 9.19. The summed E-state index contributed by atoms with van der Waals surface area (Å²) in [5.74, 6) is -1.66. The zero-order valence-electron chi connectivity index (χ0n) is 19.9. The normalized spacial score (nSPS) is 11.9. The number of unbranched alkanes of at least 4 members (excludes halogenated alkanes) is 14. The van der Waals surface area contributed by atoms with Crippen molar-refractivity contribution in [3.8, 4) is 0 Å². The third-order valence-corrected chi connectivity index (χ3v) is 5.90. The molecule has 176 valence electrons. The third kappa shape index (κ3) is 13.2. The van der Waals surface area contributed by atoms with Gasteiger partial charge >= 0.3 is 11.9 Å². The highest BCUT2D eigenvalue weighted by molar-refractivity contribution is 6.02. The highest BCUT2D eigenvalue weighted by Crippen LogP contribution is 2.16. The van der Waals surface area contributed by atoms with Gasteiger partial charge < -0.3 is 9.84 Å². The molecular formula is C27H44O4. The summed E-state index contributed by atoms with van der Waals surface area (Å²) < 4.78 is 5.44. The molecule has 4 heteroatoms. The minimum absolute atomic E-state index is 0.00771. The van der Waals surface area contributed by atoms with Crippen molar-refractivity contribution >= 4 is 11.9 Å². The average molecular weight is 433 g/mol. The monoisotopic (exact) mass is 432 g/mol. The van der Waals surface area contributed by atoms with Crippen LogP contribution in [0.25, 0.3) is 0 Å². The van der Waals surface area contributed by atoms with Crippen molar-refractivity contribution in [3.05, 3.63) is 35.4 Å². The van der Waals surface area contributed by atoms with E-state index in [4.69, 9.17) is 4.74 Å². The molecular weight excluding hydrogens is 388 g/mol. The van der Waals surface area contributed by atoms with E-state index in [1.165, 1.54) is 95.6 Å². The van der Waals surface area contributed by atoms with Crippen LogP contribution in [0, 0.1) is 0 Å². The number of ether oxygens (including phenoxy) is 1. The lowest BCUT2D eigenvalue weighted by molar-refractivity contribution is 0.0313. The van der Waals surface area contributed by atoms with E-state index in [-0.39, 0.29) is 17.2 Å². The average Bonchev–Trinajstić information content (AvgIpc) is 2.76. The van der Waals surface area contributed by atoms with Gasteiger partial charge in [-0.3, -0.25) is 0 Å². The molecule has 1 unspecified atom stereocenters. The van der Waals surface area contributed by atoms with Gasteiger partial charge in [0.15, 0.2) is 0 Å². The maximum Gasteiger partial charge on any atom is 0.339 e. The summed E-state index contributed by atoms with van der Waals surface area (Å²) in [7, 11) is 0. The van der Waals surface area contributed by atoms with Gasteiger partial charge in [0.1, 0.15) is 0 Å². The first-order chi connectivity index (χ1) is 15.1. The number of carbonyl (C=O) groups excluding carboxylic acids is 1. The van der Waals surface area contributed by atoms with Gasteiger partial charge in [-0.15, -0.1) is 0 Å².